The number of carbonyl (C=O) groups excluding carboxylic acids is 2. The summed E-state index contributed by atoms with van der Waals surface area (Å²) in [6, 6.07) is 5.25. The SMILES string of the molecule is CC(NCC(=O)N1CCC(C(N)=O)CC1)c1ccc(Cl)cc1Cl. The van der Waals surface area contributed by atoms with Crippen LogP contribution in [-0.4, -0.2) is 36.3 Å². The van der Waals surface area contributed by atoms with Crippen LogP contribution < -0.4 is 11.1 Å². The summed E-state index contributed by atoms with van der Waals surface area (Å²) < 4.78 is 0. The van der Waals surface area contributed by atoms with Gasteiger partial charge in [-0.05, 0) is 37.5 Å². The highest BCUT2D eigenvalue weighted by Crippen LogP contribution is 2.26. The number of benzene rings is 1. The smallest absolute Gasteiger partial charge is 0.236 e. The molecule has 1 aliphatic rings. The zero-order chi connectivity index (χ0) is 17.0. The van der Waals surface area contributed by atoms with Gasteiger partial charge >= 0.3 is 0 Å². The largest absolute Gasteiger partial charge is 0.369 e. The van der Waals surface area contributed by atoms with Crippen molar-refractivity contribution in [1.29, 1.82) is 0 Å². The minimum absolute atomic E-state index is 0.0184. The van der Waals surface area contributed by atoms with E-state index in [1.807, 2.05) is 13.0 Å². The second kappa shape index (κ2) is 7.99. The van der Waals surface area contributed by atoms with Gasteiger partial charge in [0.05, 0.1) is 6.54 Å². The monoisotopic (exact) mass is 357 g/mol. The molecule has 1 saturated heterocycles. The number of hydrogen-bond acceptors (Lipinski definition) is 3. The van der Waals surface area contributed by atoms with Crippen molar-refractivity contribution < 1.29 is 9.59 Å². The molecule has 0 saturated carbocycles. The molecule has 2 amide bonds. The number of piperidine rings is 1. The summed E-state index contributed by atoms with van der Waals surface area (Å²) in [5.41, 5.74) is 6.20. The summed E-state index contributed by atoms with van der Waals surface area (Å²) >= 11 is 12.1. The maximum Gasteiger partial charge on any atom is 0.236 e. The van der Waals surface area contributed by atoms with Gasteiger partial charge in [0.25, 0.3) is 0 Å². The van der Waals surface area contributed by atoms with Crippen LogP contribution in [-0.2, 0) is 9.59 Å². The highest BCUT2D eigenvalue weighted by Gasteiger charge is 2.25. The molecule has 0 radical (unpaired) electrons. The molecule has 23 heavy (non-hydrogen) atoms. The molecule has 2 rings (SSSR count). The summed E-state index contributed by atoms with van der Waals surface area (Å²) in [6.07, 6.45) is 1.28. The van der Waals surface area contributed by atoms with Crippen molar-refractivity contribution in [2.45, 2.75) is 25.8 Å². The van der Waals surface area contributed by atoms with E-state index in [1.54, 1.807) is 17.0 Å². The lowest BCUT2D eigenvalue weighted by molar-refractivity contribution is -0.134. The van der Waals surface area contributed by atoms with Crippen LogP contribution in [0.1, 0.15) is 31.4 Å². The Morgan fingerprint density at radius 2 is 2.00 bits per heavy atom. The first-order chi connectivity index (χ1) is 10.9. The highest BCUT2D eigenvalue weighted by molar-refractivity contribution is 6.35. The van der Waals surface area contributed by atoms with E-state index in [9.17, 15) is 9.59 Å². The summed E-state index contributed by atoms with van der Waals surface area (Å²) in [4.78, 5) is 25.2. The number of nitrogens with two attached hydrogens (primary N) is 1. The Morgan fingerprint density at radius 1 is 1.35 bits per heavy atom. The predicted octanol–water partition coefficient (Wildman–Crippen LogP) is 2.37. The molecule has 7 heteroatoms. The molecule has 5 nitrogen and oxygen atoms in total. The van der Waals surface area contributed by atoms with Gasteiger partial charge in [0.2, 0.25) is 11.8 Å². The van der Waals surface area contributed by atoms with Gasteiger partial charge in [-0.25, -0.2) is 0 Å². The fourth-order valence-corrected chi connectivity index (χ4v) is 3.30. The first kappa shape index (κ1) is 18.0. The molecule has 1 atom stereocenters. The van der Waals surface area contributed by atoms with E-state index < -0.39 is 0 Å². The maximum atomic E-state index is 12.2. The summed E-state index contributed by atoms with van der Waals surface area (Å²) in [5.74, 6) is -0.370. The quantitative estimate of drug-likeness (QED) is 0.849. The van der Waals surface area contributed by atoms with E-state index >= 15 is 0 Å². The normalized spacial score (nSPS) is 17.1. The topological polar surface area (TPSA) is 75.4 Å². The van der Waals surface area contributed by atoms with E-state index in [0.717, 1.165) is 5.56 Å². The Kier molecular flexibility index (Phi) is 6.27. The van der Waals surface area contributed by atoms with E-state index in [4.69, 9.17) is 28.9 Å². The molecule has 0 spiro atoms. The van der Waals surface area contributed by atoms with Gasteiger partial charge in [-0.1, -0.05) is 29.3 Å². The lowest BCUT2D eigenvalue weighted by Gasteiger charge is -2.31. The number of hydrogen-bond donors (Lipinski definition) is 2. The van der Waals surface area contributed by atoms with Gasteiger partial charge in [0, 0.05) is 35.1 Å². The molecule has 126 valence electrons. The maximum absolute atomic E-state index is 12.2. The number of carbonyl (C=O) groups is 2. The number of nitrogens with zero attached hydrogens (tertiary/aromatic N) is 1. The molecular weight excluding hydrogens is 337 g/mol. The Bertz CT molecular complexity index is 587. The fraction of sp³-hybridized carbons (Fsp3) is 0.500. The second-order valence-corrected chi connectivity index (χ2v) is 6.67. The number of likely N-dealkylation sites (tertiary alicyclic amines) is 1. The van der Waals surface area contributed by atoms with E-state index in [-0.39, 0.29) is 30.3 Å². The van der Waals surface area contributed by atoms with Gasteiger partial charge in [0.15, 0.2) is 0 Å². The van der Waals surface area contributed by atoms with Gasteiger partial charge in [-0.3, -0.25) is 9.59 Å². The molecule has 0 bridgehead atoms. The van der Waals surface area contributed by atoms with Crippen molar-refractivity contribution in [2.24, 2.45) is 11.7 Å². The molecule has 0 aromatic heterocycles. The number of amides is 2. The van der Waals surface area contributed by atoms with Gasteiger partial charge in [-0.2, -0.15) is 0 Å². The standard InChI is InChI=1S/C16H21Cl2N3O2/c1-10(13-3-2-12(17)8-14(13)18)20-9-15(22)21-6-4-11(5-7-21)16(19)23/h2-3,8,10-11,20H,4-7,9H2,1H3,(H2,19,23). The molecule has 0 aliphatic carbocycles. The van der Waals surface area contributed by atoms with Crippen molar-refractivity contribution in [3.05, 3.63) is 33.8 Å². The van der Waals surface area contributed by atoms with E-state index in [2.05, 4.69) is 5.32 Å². The average molecular weight is 358 g/mol. The van der Waals surface area contributed by atoms with Crippen molar-refractivity contribution in [2.75, 3.05) is 19.6 Å². The Morgan fingerprint density at radius 3 is 2.57 bits per heavy atom. The Labute approximate surface area is 146 Å². The highest BCUT2D eigenvalue weighted by atomic mass is 35.5. The zero-order valence-electron chi connectivity index (χ0n) is 13.0. The Balaban J connectivity index is 1.83. The third kappa shape index (κ3) is 4.83. The number of primary amides is 1. The van der Waals surface area contributed by atoms with Gasteiger partial charge in [0.1, 0.15) is 0 Å². The minimum atomic E-state index is -0.277. The van der Waals surface area contributed by atoms with Crippen LogP contribution in [0.2, 0.25) is 10.0 Å². The summed E-state index contributed by atoms with van der Waals surface area (Å²) in [5, 5.41) is 4.34. The zero-order valence-corrected chi connectivity index (χ0v) is 14.5. The minimum Gasteiger partial charge on any atom is -0.369 e. The van der Waals surface area contributed by atoms with Crippen molar-refractivity contribution in [3.8, 4) is 0 Å². The summed E-state index contributed by atoms with van der Waals surface area (Å²) in [7, 11) is 0. The second-order valence-electron chi connectivity index (χ2n) is 5.83. The van der Waals surface area contributed by atoms with Crippen LogP contribution in [0.25, 0.3) is 0 Å². The third-order valence-corrected chi connectivity index (χ3v) is 4.80. The molecule has 3 N–H and O–H groups in total. The van der Waals surface area contributed by atoms with Crippen LogP contribution in [0.5, 0.6) is 0 Å². The first-order valence-electron chi connectivity index (χ1n) is 7.64. The predicted molar refractivity (Wildman–Crippen MR) is 91.4 cm³/mol. The van der Waals surface area contributed by atoms with Gasteiger partial charge < -0.3 is 16.0 Å². The van der Waals surface area contributed by atoms with Crippen molar-refractivity contribution in [1.82, 2.24) is 10.2 Å². The molecule has 1 fully saturated rings. The first-order valence-corrected chi connectivity index (χ1v) is 8.39. The molecular formula is C16H21Cl2N3O2. The summed E-state index contributed by atoms with van der Waals surface area (Å²) in [6.45, 7) is 3.32. The van der Waals surface area contributed by atoms with Crippen LogP contribution >= 0.6 is 23.2 Å². The van der Waals surface area contributed by atoms with Crippen LogP contribution in [0.3, 0.4) is 0 Å². The third-order valence-electron chi connectivity index (χ3n) is 4.24. The molecule has 1 aromatic carbocycles. The number of halogens is 2. The number of rotatable bonds is 5. The lowest BCUT2D eigenvalue weighted by Crippen LogP contribution is -2.45. The van der Waals surface area contributed by atoms with Crippen LogP contribution in [0, 0.1) is 5.92 Å². The van der Waals surface area contributed by atoms with E-state index in [1.165, 1.54) is 0 Å². The Hall–Kier alpha value is -1.30. The van der Waals surface area contributed by atoms with Crippen molar-refractivity contribution >= 4 is 35.0 Å². The average Bonchev–Trinajstić information content (AvgIpc) is 2.52. The van der Waals surface area contributed by atoms with Crippen molar-refractivity contribution in [3.63, 3.8) is 0 Å². The van der Waals surface area contributed by atoms with E-state index in [0.29, 0.717) is 36.0 Å². The fourth-order valence-electron chi connectivity index (χ4n) is 2.73. The molecule has 1 aromatic rings. The molecule has 1 aliphatic heterocycles. The van der Waals surface area contributed by atoms with Crippen LogP contribution in [0.15, 0.2) is 18.2 Å². The molecule has 1 heterocycles. The van der Waals surface area contributed by atoms with Gasteiger partial charge in [-0.15, -0.1) is 0 Å². The van der Waals surface area contributed by atoms with Crippen LogP contribution in [0.4, 0.5) is 0 Å². The molecule has 1 unspecified atom stereocenters. The lowest BCUT2D eigenvalue weighted by atomic mass is 9.96. The number of nitrogens with one attached hydrogen (secondary N) is 1.